The third kappa shape index (κ3) is 5.32. The minimum absolute atomic E-state index is 0.146. The molecule has 0 bridgehead atoms. The first kappa shape index (κ1) is 22.3. The number of anilines is 1. The number of benzene rings is 2. The van der Waals surface area contributed by atoms with Gasteiger partial charge in [0.2, 0.25) is 11.1 Å². The minimum Gasteiger partial charge on any atom is -0.462 e. The maximum Gasteiger partial charge on any atom is 0.338 e. The molecule has 0 atom stereocenters. The van der Waals surface area contributed by atoms with Crippen molar-refractivity contribution >= 4 is 29.3 Å². The number of esters is 1. The number of rotatable bonds is 8. The maximum absolute atomic E-state index is 12.5. The smallest absolute Gasteiger partial charge is 0.338 e. The van der Waals surface area contributed by atoms with E-state index in [0.29, 0.717) is 28.8 Å². The Hall–Kier alpha value is -3.85. The Labute approximate surface area is 195 Å². The molecule has 168 valence electrons. The van der Waals surface area contributed by atoms with Crippen LogP contribution in [0.15, 0.2) is 78.2 Å². The molecule has 4 rings (SSSR count). The average molecular weight is 462 g/mol. The molecule has 0 aliphatic rings. The van der Waals surface area contributed by atoms with Crippen LogP contribution in [-0.2, 0) is 9.53 Å². The summed E-state index contributed by atoms with van der Waals surface area (Å²) >= 11 is 1.29. The molecule has 0 aliphatic carbocycles. The minimum atomic E-state index is -0.389. The Bertz CT molecular complexity index is 1250. The van der Waals surface area contributed by atoms with Gasteiger partial charge in [-0.15, -0.1) is 10.2 Å². The van der Waals surface area contributed by atoms with E-state index in [1.54, 1.807) is 31.2 Å². The molecule has 1 N–H and O–H groups in total. The summed E-state index contributed by atoms with van der Waals surface area (Å²) in [4.78, 5) is 24.3. The van der Waals surface area contributed by atoms with E-state index in [4.69, 9.17) is 4.74 Å². The second-order valence-electron chi connectivity index (χ2n) is 7.19. The molecule has 4 aromatic rings. The number of hydrogen-bond acceptors (Lipinski definition) is 6. The van der Waals surface area contributed by atoms with E-state index in [1.807, 2.05) is 65.1 Å². The van der Waals surface area contributed by atoms with E-state index in [1.165, 1.54) is 11.8 Å². The topological polar surface area (TPSA) is 91.0 Å². The molecule has 9 heteroatoms. The van der Waals surface area contributed by atoms with Gasteiger partial charge in [0, 0.05) is 23.6 Å². The van der Waals surface area contributed by atoms with Crippen molar-refractivity contribution in [1.82, 2.24) is 19.5 Å². The molecule has 1 amide bonds. The third-order valence-corrected chi connectivity index (χ3v) is 5.64. The van der Waals surface area contributed by atoms with Crippen molar-refractivity contribution in [2.24, 2.45) is 0 Å². The number of aryl methyl sites for hydroxylation is 1. The second-order valence-corrected chi connectivity index (χ2v) is 8.13. The number of carbonyl (C=O) groups is 2. The number of thioether (sulfide) groups is 1. The van der Waals surface area contributed by atoms with Crippen molar-refractivity contribution in [2.75, 3.05) is 17.7 Å². The summed E-state index contributed by atoms with van der Waals surface area (Å²) in [7, 11) is 0. The van der Waals surface area contributed by atoms with Crippen molar-refractivity contribution in [3.05, 3.63) is 84.2 Å². The molecule has 0 unspecified atom stereocenters. The van der Waals surface area contributed by atoms with Crippen LogP contribution in [0.4, 0.5) is 5.69 Å². The van der Waals surface area contributed by atoms with Gasteiger partial charge in [0.05, 0.1) is 17.9 Å². The molecule has 0 saturated heterocycles. The molecule has 33 heavy (non-hydrogen) atoms. The maximum atomic E-state index is 12.5. The fourth-order valence-electron chi connectivity index (χ4n) is 3.22. The van der Waals surface area contributed by atoms with Gasteiger partial charge in [-0.1, -0.05) is 35.5 Å². The molecule has 0 radical (unpaired) electrons. The van der Waals surface area contributed by atoms with Gasteiger partial charge in [0.15, 0.2) is 5.82 Å². The van der Waals surface area contributed by atoms with Gasteiger partial charge >= 0.3 is 5.97 Å². The zero-order chi connectivity index (χ0) is 23.2. The lowest BCUT2D eigenvalue weighted by Gasteiger charge is -2.11. The molecule has 2 heterocycles. The van der Waals surface area contributed by atoms with Gasteiger partial charge in [0.25, 0.3) is 0 Å². The first-order valence-electron chi connectivity index (χ1n) is 10.4. The van der Waals surface area contributed by atoms with Crippen LogP contribution in [0.2, 0.25) is 0 Å². The first-order valence-corrected chi connectivity index (χ1v) is 11.4. The SMILES string of the molecule is CCOC(=O)c1ccc(NC(=O)CSc2nnc(-c3cccc(C)c3)n2-n2cccc2)cc1. The Morgan fingerprint density at radius 1 is 1.03 bits per heavy atom. The first-order chi connectivity index (χ1) is 16.0. The Morgan fingerprint density at radius 3 is 2.48 bits per heavy atom. The number of ether oxygens (including phenoxy) is 1. The standard InChI is InChI=1S/C24H23N5O3S/c1-3-32-23(31)18-9-11-20(12-10-18)25-21(30)16-33-24-27-26-22(19-8-6-7-17(2)15-19)29(24)28-13-4-5-14-28/h4-15H,3,16H2,1-2H3,(H,25,30). The number of aromatic nitrogens is 4. The van der Waals surface area contributed by atoms with Gasteiger partial charge in [-0.2, -0.15) is 0 Å². The zero-order valence-electron chi connectivity index (χ0n) is 18.3. The molecule has 8 nitrogen and oxygen atoms in total. The summed E-state index contributed by atoms with van der Waals surface area (Å²) in [6.45, 7) is 4.10. The second kappa shape index (κ2) is 10.2. The summed E-state index contributed by atoms with van der Waals surface area (Å²) in [6.07, 6.45) is 3.80. The van der Waals surface area contributed by atoms with Crippen LogP contribution in [-0.4, -0.2) is 43.8 Å². The monoisotopic (exact) mass is 461 g/mol. The van der Waals surface area contributed by atoms with Gasteiger partial charge < -0.3 is 10.1 Å². The highest BCUT2D eigenvalue weighted by molar-refractivity contribution is 7.99. The number of amides is 1. The van der Waals surface area contributed by atoms with Crippen molar-refractivity contribution in [1.29, 1.82) is 0 Å². The van der Waals surface area contributed by atoms with Crippen LogP contribution in [0.1, 0.15) is 22.8 Å². The van der Waals surface area contributed by atoms with Crippen LogP contribution >= 0.6 is 11.8 Å². The summed E-state index contributed by atoms with van der Waals surface area (Å²) < 4.78 is 8.73. The molecule has 0 fully saturated rings. The fraction of sp³-hybridized carbons (Fsp3) is 0.167. The predicted molar refractivity (Wildman–Crippen MR) is 127 cm³/mol. The van der Waals surface area contributed by atoms with Crippen molar-refractivity contribution < 1.29 is 14.3 Å². The Kier molecular flexibility index (Phi) is 6.89. The van der Waals surface area contributed by atoms with E-state index >= 15 is 0 Å². The van der Waals surface area contributed by atoms with Crippen molar-refractivity contribution in [2.45, 2.75) is 19.0 Å². The van der Waals surface area contributed by atoms with Crippen LogP contribution in [0.5, 0.6) is 0 Å². The largest absolute Gasteiger partial charge is 0.462 e. The molecule has 0 spiro atoms. The number of hydrogen-bond donors (Lipinski definition) is 1. The van der Waals surface area contributed by atoms with E-state index in [0.717, 1.165) is 11.1 Å². The van der Waals surface area contributed by atoms with Crippen LogP contribution in [0.3, 0.4) is 0 Å². The summed E-state index contributed by atoms with van der Waals surface area (Å²) in [5.41, 5.74) is 3.10. The quantitative estimate of drug-likeness (QED) is 0.311. The third-order valence-electron chi connectivity index (χ3n) is 4.72. The fourth-order valence-corrected chi connectivity index (χ4v) is 3.95. The van der Waals surface area contributed by atoms with Crippen LogP contribution in [0.25, 0.3) is 11.4 Å². The lowest BCUT2D eigenvalue weighted by molar-refractivity contribution is -0.113. The number of carbonyl (C=O) groups excluding carboxylic acids is 2. The van der Waals surface area contributed by atoms with Gasteiger partial charge in [-0.05, 0) is 56.3 Å². The highest BCUT2D eigenvalue weighted by Gasteiger charge is 2.17. The highest BCUT2D eigenvalue weighted by atomic mass is 32.2. The predicted octanol–water partition coefficient (Wildman–Crippen LogP) is 4.27. The van der Waals surface area contributed by atoms with Gasteiger partial charge in [-0.3, -0.25) is 9.47 Å². The summed E-state index contributed by atoms with van der Waals surface area (Å²) in [5.74, 6) is 0.252. The molecule has 2 aromatic heterocycles. The number of nitrogens with one attached hydrogen (secondary N) is 1. The molecule has 0 saturated carbocycles. The van der Waals surface area contributed by atoms with E-state index < -0.39 is 0 Å². The van der Waals surface area contributed by atoms with E-state index in [9.17, 15) is 9.59 Å². The molecular weight excluding hydrogens is 438 g/mol. The lowest BCUT2D eigenvalue weighted by Crippen LogP contribution is -2.16. The van der Waals surface area contributed by atoms with E-state index in [2.05, 4.69) is 15.5 Å². The van der Waals surface area contributed by atoms with Crippen LogP contribution in [0, 0.1) is 6.92 Å². The van der Waals surface area contributed by atoms with Crippen molar-refractivity contribution in [3.8, 4) is 11.4 Å². The zero-order valence-corrected chi connectivity index (χ0v) is 19.1. The molecule has 0 aliphatic heterocycles. The highest BCUT2D eigenvalue weighted by Crippen LogP contribution is 2.25. The summed E-state index contributed by atoms with van der Waals surface area (Å²) in [6, 6.07) is 18.5. The summed E-state index contributed by atoms with van der Waals surface area (Å²) in [5, 5.41) is 12.1. The molecule has 2 aromatic carbocycles. The van der Waals surface area contributed by atoms with Crippen LogP contribution < -0.4 is 5.32 Å². The van der Waals surface area contributed by atoms with Gasteiger partial charge in [-0.25, -0.2) is 9.47 Å². The normalized spacial score (nSPS) is 10.7. The van der Waals surface area contributed by atoms with E-state index in [-0.39, 0.29) is 17.6 Å². The Morgan fingerprint density at radius 2 is 1.79 bits per heavy atom. The lowest BCUT2D eigenvalue weighted by atomic mass is 10.1. The average Bonchev–Trinajstić information content (AvgIpc) is 3.48. The van der Waals surface area contributed by atoms with Gasteiger partial charge in [0.1, 0.15) is 0 Å². The van der Waals surface area contributed by atoms with Crippen molar-refractivity contribution in [3.63, 3.8) is 0 Å². The Balaban J connectivity index is 1.47. The molecular formula is C24H23N5O3S. The number of nitrogens with zero attached hydrogens (tertiary/aromatic N) is 4.